The molecular weight excluding hydrogens is 378 g/mol. The molecule has 0 unspecified atom stereocenters. The zero-order valence-corrected chi connectivity index (χ0v) is 17.7. The average Bonchev–Trinajstić information content (AvgIpc) is 2.67. The van der Waals surface area contributed by atoms with Gasteiger partial charge in [-0.2, -0.15) is 4.31 Å². The maximum Gasteiger partial charge on any atom is 0.243 e. The van der Waals surface area contributed by atoms with Crippen molar-refractivity contribution in [1.82, 2.24) is 9.21 Å². The van der Waals surface area contributed by atoms with Crippen molar-refractivity contribution in [3.63, 3.8) is 0 Å². The number of carbonyl (C=O) groups excluding carboxylic acids is 1. The van der Waals surface area contributed by atoms with Crippen LogP contribution in [0.15, 0.2) is 29.2 Å². The van der Waals surface area contributed by atoms with Gasteiger partial charge in [0.1, 0.15) is 0 Å². The molecule has 28 heavy (non-hydrogen) atoms. The Labute approximate surface area is 168 Å². The van der Waals surface area contributed by atoms with E-state index in [1.165, 1.54) is 16.8 Å². The van der Waals surface area contributed by atoms with Crippen LogP contribution in [0.25, 0.3) is 0 Å². The number of ether oxygens (including phenoxy) is 1. The van der Waals surface area contributed by atoms with Gasteiger partial charge < -0.3 is 10.1 Å². The Hall–Kier alpha value is -1.48. The van der Waals surface area contributed by atoms with Crippen LogP contribution >= 0.6 is 0 Å². The van der Waals surface area contributed by atoms with Crippen molar-refractivity contribution in [1.29, 1.82) is 0 Å². The van der Waals surface area contributed by atoms with E-state index >= 15 is 0 Å². The van der Waals surface area contributed by atoms with Crippen LogP contribution in [0, 0.1) is 11.8 Å². The number of likely N-dealkylation sites (tertiary alicyclic amines) is 1. The van der Waals surface area contributed by atoms with Crippen molar-refractivity contribution < 1.29 is 17.9 Å². The van der Waals surface area contributed by atoms with E-state index in [-0.39, 0.29) is 16.8 Å². The molecular formula is C20H31N3O4S. The van der Waals surface area contributed by atoms with Crippen molar-refractivity contribution in [2.75, 3.05) is 44.7 Å². The molecule has 7 nitrogen and oxygen atoms in total. The predicted octanol–water partition coefficient (Wildman–Crippen LogP) is 2.01. The molecule has 1 aromatic rings. The second kappa shape index (κ2) is 8.90. The van der Waals surface area contributed by atoms with E-state index in [1.807, 2.05) is 6.92 Å². The Morgan fingerprint density at radius 1 is 1.18 bits per heavy atom. The SMILES string of the molecule is C[C@@H]1C[C@@H](C)CN([C@@H](C)C(=O)Nc2cccc(S(=O)(=O)N3CCOCC3)c2)C1. The molecule has 1 N–H and O–H groups in total. The summed E-state index contributed by atoms with van der Waals surface area (Å²) >= 11 is 0. The van der Waals surface area contributed by atoms with Crippen LogP contribution in [0.3, 0.4) is 0 Å². The van der Waals surface area contributed by atoms with Gasteiger partial charge in [-0.15, -0.1) is 0 Å². The van der Waals surface area contributed by atoms with E-state index in [2.05, 4.69) is 24.1 Å². The van der Waals surface area contributed by atoms with Gasteiger partial charge in [-0.25, -0.2) is 8.42 Å². The summed E-state index contributed by atoms with van der Waals surface area (Å²) in [6.45, 7) is 9.66. The molecule has 2 aliphatic heterocycles. The van der Waals surface area contributed by atoms with Gasteiger partial charge in [0, 0.05) is 31.9 Å². The zero-order valence-electron chi connectivity index (χ0n) is 16.9. The molecule has 0 aliphatic carbocycles. The fraction of sp³-hybridized carbons (Fsp3) is 0.650. The third kappa shape index (κ3) is 4.92. The van der Waals surface area contributed by atoms with Crippen LogP contribution in [0.4, 0.5) is 5.69 Å². The maximum absolute atomic E-state index is 12.8. The summed E-state index contributed by atoms with van der Waals surface area (Å²) < 4.78 is 32.3. The Morgan fingerprint density at radius 2 is 1.82 bits per heavy atom. The largest absolute Gasteiger partial charge is 0.379 e. The Morgan fingerprint density at radius 3 is 2.46 bits per heavy atom. The second-order valence-electron chi connectivity index (χ2n) is 8.11. The third-order valence-corrected chi connectivity index (χ3v) is 7.43. The summed E-state index contributed by atoms with van der Waals surface area (Å²) in [4.78, 5) is 15.2. The topological polar surface area (TPSA) is 79.0 Å². The minimum Gasteiger partial charge on any atom is -0.379 e. The summed E-state index contributed by atoms with van der Waals surface area (Å²) in [5.74, 6) is 1.03. The number of carbonyl (C=O) groups is 1. The monoisotopic (exact) mass is 409 g/mol. The zero-order chi connectivity index (χ0) is 20.3. The lowest BCUT2D eigenvalue weighted by Crippen LogP contribution is -2.48. The molecule has 2 aliphatic rings. The summed E-state index contributed by atoms with van der Waals surface area (Å²) in [7, 11) is -3.58. The van der Waals surface area contributed by atoms with Gasteiger partial charge in [-0.05, 0) is 43.4 Å². The number of nitrogens with one attached hydrogen (secondary N) is 1. The van der Waals surface area contributed by atoms with Crippen LogP contribution in [-0.2, 0) is 19.6 Å². The standard InChI is InChI=1S/C20H31N3O4S/c1-15-11-16(2)14-22(13-15)17(3)20(24)21-18-5-4-6-19(12-18)28(25,26)23-7-9-27-10-8-23/h4-6,12,15-17H,7-11,13-14H2,1-3H3,(H,21,24)/t15-,16-,17+/m1/s1. The maximum atomic E-state index is 12.8. The van der Waals surface area contributed by atoms with Crippen LogP contribution in [0.2, 0.25) is 0 Å². The van der Waals surface area contributed by atoms with Gasteiger partial charge in [-0.3, -0.25) is 9.69 Å². The Balaban J connectivity index is 1.69. The molecule has 0 bridgehead atoms. The highest BCUT2D eigenvalue weighted by Gasteiger charge is 2.30. The molecule has 2 saturated heterocycles. The minimum absolute atomic E-state index is 0.109. The minimum atomic E-state index is -3.58. The van der Waals surface area contributed by atoms with Gasteiger partial charge in [0.25, 0.3) is 0 Å². The van der Waals surface area contributed by atoms with Crippen molar-refractivity contribution >= 4 is 21.6 Å². The van der Waals surface area contributed by atoms with Crippen LogP contribution in [0.1, 0.15) is 27.2 Å². The van der Waals surface area contributed by atoms with Crippen LogP contribution < -0.4 is 5.32 Å². The van der Waals surface area contributed by atoms with E-state index in [0.717, 1.165) is 13.1 Å². The number of piperidine rings is 1. The molecule has 1 amide bonds. The van der Waals surface area contributed by atoms with Gasteiger partial charge in [0.2, 0.25) is 15.9 Å². The van der Waals surface area contributed by atoms with Crippen molar-refractivity contribution in [3.05, 3.63) is 24.3 Å². The number of rotatable bonds is 5. The summed E-state index contributed by atoms with van der Waals surface area (Å²) in [6.07, 6.45) is 1.19. The number of hydrogen-bond donors (Lipinski definition) is 1. The number of hydrogen-bond acceptors (Lipinski definition) is 5. The first-order chi connectivity index (χ1) is 13.3. The summed E-state index contributed by atoms with van der Waals surface area (Å²) in [6, 6.07) is 6.24. The molecule has 0 aromatic heterocycles. The molecule has 0 radical (unpaired) electrons. The number of anilines is 1. The molecule has 1 aromatic carbocycles. The first-order valence-electron chi connectivity index (χ1n) is 10.00. The molecule has 2 fully saturated rings. The van der Waals surface area contributed by atoms with E-state index in [9.17, 15) is 13.2 Å². The number of nitrogens with zero attached hydrogens (tertiary/aromatic N) is 2. The quantitative estimate of drug-likeness (QED) is 0.805. The van der Waals surface area contributed by atoms with E-state index in [1.54, 1.807) is 18.2 Å². The van der Waals surface area contributed by atoms with Crippen LogP contribution in [-0.4, -0.2) is 69.0 Å². The van der Waals surface area contributed by atoms with Crippen LogP contribution in [0.5, 0.6) is 0 Å². The lowest BCUT2D eigenvalue weighted by Gasteiger charge is -2.38. The molecule has 2 heterocycles. The molecule has 0 saturated carbocycles. The Bertz CT molecular complexity index is 782. The normalized spacial score (nSPS) is 26.0. The van der Waals surface area contributed by atoms with Gasteiger partial charge in [0.05, 0.1) is 24.2 Å². The van der Waals surface area contributed by atoms with Gasteiger partial charge >= 0.3 is 0 Å². The predicted molar refractivity (Wildman–Crippen MR) is 109 cm³/mol. The van der Waals surface area contributed by atoms with Gasteiger partial charge in [-0.1, -0.05) is 19.9 Å². The van der Waals surface area contributed by atoms with Crippen molar-refractivity contribution in [3.8, 4) is 0 Å². The van der Waals surface area contributed by atoms with E-state index in [4.69, 9.17) is 4.74 Å². The lowest BCUT2D eigenvalue weighted by atomic mass is 9.91. The van der Waals surface area contributed by atoms with E-state index in [0.29, 0.717) is 43.8 Å². The molecule has 8 heteroatoms. The highest BCUT2D eigenvalue weighted by molar-refractivity contribution is 7.89. The smallest absolute Gasteiger partial charge is 0.243 e. The third-order valence-electron chi connectivity index (χ3n) is 5.53. The highest BCUT2D eigenvalue weighted by Crippen LogP contribution is 2.24. The number of morpholine rings is 1. The fourth-order valence-corrected chi connectivity index (χ4v) is 5.56. The lowest BCUT2D eigenvalue weighted by molar-refractivity contribution is -0.121. The summed E-state index contributed by atoms with van der Waals surface area (Å²) in [5.41, 5.74) is 0.504. The first kappa shape index (κ1) is 21.2. The first-order valence-corrected chi connectivity index (χ1v) is 11.4. The molecule has 156 valence electrons. The Kier molecular flexibility index (Phi) is 6.75. The van der Waals surface area contributed by atoms with Crippen molar-refractivity contribution in [2.45, 2.75) is 38.1 Å². The van der Waals surface area contributed by atoms with E-state index < -0.39 is 10.0 Å². The second-order valence-corrected chi connectivity index (χ2v) is 10.0. The number of amides is 1. The molecule has 0 spiro atoms. The molecule has 3 rings (SSSR count). The highest BCUT2D eigenvalue weighted by atomic mass is 32.2. The average molecular weight is 410 g/mol. The number of benzene rings is 1. The fourth-order valence-electron chi connectivity index (χ4n) is 4.11. The number of sulfonamides is 1. The van der Waals surface area contributed by atoms with Gasteiger partial charge in [0.15, 0.2) is 0 Å². The molecule has 3 atom stereocenters. The van der Waals surface area contributed by atoms with Crippen molar-refractivity contribution in [2.24, 2.45) is 11.8 Å². The summed E-state index contributed by atoms with van der Waals surface area (Å²) in [5, 5.41) is 2.90.